The van der Waals surface area contributed by atoms with Crippen molar-refractivity contribution in [2.75, 3.05) is 28.2 Å². The Hall–Kier alpha value is -1.88. The normalized spacial score (nSPS) is 19.0. The third kappa shape index (κ3) is 10.3. The first-order valence-corrected chi connectivity index (χ1v) is 18.2. The first-order valence-electron chi connectivity index (χ1n) is 16.4. The maximum Gasteiger partial charge on any atom is 0.307 e. The number of aromatic nitrogens is 2. The van der Waals surface area contributed by atoms with Crippen LogP contribution >= 0.6 is 23.5 Å². The van der Waals surface area contributed by atoms with Crippen LogP contribution in [0.3, 0.4) is 0 Å². The van der Waals surface area contributed by atoms with Crippen LogP contribution < -0.4 is 0 Å². The summed E-state index contributed by atoms with van der Waals surface area (Å²) in [5, 5.41) is 0.720. The van der Waals surface area contributed by atoms with Crippen molar-refractivity contribution in [1.82, 2.24) is 19.8 Å². The second kappa shape index (κ2) is 17.2. The van der Waals surface area contributed by atoms with E-state index in [4.69, 9.17) is 9.47 Å². The maximum absolute atomic E-state index is 13.0. The van der Waals surface area contributed by atoms with Gasteiger partial charge in [-0.05, 0) is 91.7 Å². The van der Waals surface area contributed by atoms with Crippen molar-refractivity contribution in [2.45, 2.75) is 124 Å². The van der Waals surface area contributed by atoms with Crippen LogP contribution in [0.25, 0.3) is 0 Å². The van der Waals surface area contributed by atoms with Crippen LogP contribution in [-0.4, -0.2) is 82.9 Å². The Morgan fingerprint density at radius 1 is 0.727 bits per heavy atom. The van der Waals surface area contributed by atoms with E-state index in [1.54, 1.807) is 0 Å². The van der Waals surface area contributed by atoms with Gasteiger partial charge in [0.05, 0.1) is 12.8 Å². The number of hydrogen-bond donors (Lipinski definition) is 2. The molecule has 2 aromatic rings. The molecule has 246 valence electrons. The molecule has 0 bridgehead atoms. The van der Waals surface area contributed by atoms with Crippen molar-refractivity contribution in [2.24, 2.45) is 11.8 Å². The molecule has 4 atom stereocenters. The first-order chi connectivity index (χ1) is 21.1. The number of H-pyrrole nitrogens is 2. The number of esters is 2. The Bertz CT molecular complexity index is 1080. The number of thioether (sulfide) groups is 2. The summed E-state index contributed by atoms with van der Waals surface area (Å²) in [4.78, 5) is 39.1. The zero-order valence-electron chi connectivity index (χ0n) is 27.6. The third-order valence-electron chi connectivity index (χ3n) is 9.30. The van der Waals surface area contributed by atoms with E-state index in [2.05, 4.69) is 35.9 Å². The number of carbonyl (C=O) groups is 2. The van der Waals surface area contributed by atoms with Crippen LogP contribution in [0.15, 0.2) is 34.3 Å². The Balaban J connectivity index is 1.30. The summed E-state index contributed by atoms with van der Waals surface area (Å²) in [5.74, 6) is 0.524. The summed E-state index contributed by atoms with van der Waals surface area (Å²) in [6.45, 7) is 4.21. The minimum absolute atomic E-state index is 0.0187. The van der Waals surface area contributed by atoms with Gasteiger partial charge in [-0.2, -0.15) is 0 Å². The van der Waals surface area contributed by atoms with Gasteiger partial charge < -0.3 is 19.4 Å². The summed E-state index contributed by atoms with van der Waals surface area (Å²) >= 11 is 3.81. The van der Waals surface area contributed by atoms with Gasteiger partial charge in [-0.15, -0.1) is 23.5 Å². The second-order valence-electron chi connectivity index (χ2n) is 13.1. The number of ether oxygens (including phenoxy) is 2. The van der Waals surface area contributed by atoms with Crippen molar-refractivity contribution in [3.05, 3.63) is 35.9 Å². The lowest BCUT2D eigenvalue weighted by Crippen LogP contribution is -2.38. The molecule has 2 heterocycles. The molecule has 0 spiro atoms. The fraction of sp³-hybridized carbons (Fsp3) is 0.706. The fourth-order valence-electron chi connectivity index (χ4n) is 6.54. The summed E-state index contributed by atoms with van der Waals surface area (Å²) in [6.07, 6.45) is 14.8. The molecule has 0 aliphatic heterocycles. The monoisotopic (exact) mass is 646 g/mol. The standard InChI is InChI=1S/C34H54N4O4S2/c1-23-27(17-19-35-23)43-29(25-11-7-8-12-25)21-31(37(3)4)41-33(39)15-16-34(40)42-32(38(5)6)22-30(26-13-9-10-14-26)44-28-18-20-36-24(28)2/h17-20,25-26,29-32,35-36H,7-16,21-22H2,1-6H3. The van der Waals surface area contributed by atoms with Crippen LogP contribution in [0.1, 0.15) is 88.4 Å². The largest absolute Gasteiger partial charge is 0.446 e. The van der Waals surface area contributed by atoms with Crippen LogP contribution in [0, 0.1) is 25.7 Å². The van der Waals surface area contributed by atoms with E-state index in [0.717, 1.165) is 12.8 Å². The molecule has 0 saturated heterocycles. The molecular weight excluding hydrogens is 593 g/mol. The smallest absolute Gasteiger partial charge is 0.307 e. The summed E-state index contributed by atoms with van der Waals surface area (Å²) in [6, 6.07) is 4.28. The Morgan fingerprint density at radius 2 is 1.09 bits per heavy atom. The van der Waals surface area contributed by atoms with E-state index in [-0.39, 0.29) is 37.2 Å². The van der Waals surface area contributed by atoms with Crippen LogP contribution in [-0.2, 0) is 19.1 Å². The lowest BCUT2D eigenvalue weighted by molar-refractivity contribution is -0.164. The SMILES string of the molecule is Cc1[nH]ccc1SC(CC(OC(=O)CCC(=O)OC(CC(Sc1cc[nH]c1C)C1CCCC1)N(C)C)N(C)C)C1CCCC1. The average Bonchev–Trinajstić information content (AvgIpc) is 3.80. The molecule has 10 heteroatoms. The average molecular weight is 647 g/mol. The number of aromatic amines is 2. The van der Waals surface area contributed by atoms with Gasteiger partial charge in [-0.25, -0.2) is 0 Å². The summed E-state index contributed by atoms with van der Waals surface area (Å²) in [5.41, 5.74) is 2.36. The van der Waals surface area contributed by atoms with Gasteiger partial charge in [0.2, 0.25) is 0 Å². The molecule has 0 aromatic carbocycles. The Kier molecular flexibility index (Phi) is 13.6. The van der Waals surface area contributed by atoms with Gasteiger partial charge in [0.15, 0.2) is 12.5 Å². The fourth-order valence-corrected chi connectivity index (χ4v) is 9.41. The molecule has 8 nitrogen and oxygen atoms in total. The predicted molar refractivity (Wildman–Crippen MR) is 180 cm³/mol. The third-order valence-corrected chi connectivity index (χ3v) is 12.5. The number of carbonyl (C=O) groups excluding carboxylic acids is 2. The van der Waals surface area contributed by atoms with Crippen LogP contribution in [0.2, 0.25) is 0 Å². The number of nitrogens with one attached hydrogen (secondary N) is 2. The van der Waals surface area contributed by atoms with E-state index in [1.807, 2.05) is 73.9 Å². The molecule has 2 saturated carbocycles. The van der Waals surface area contributed by atoms with Gasteiger partial charge in [-0.1, -0.05) is 25.7 Å². The van der Waals surface area contributed by atoms with Gasteiger partial charge in [0.25, 0.3) is 0 Å². The Morgan fingerprint density at radius 3 is 1.39 bits per heavy atom. The van der Waals surface area contributed by atoms with Crippen molar-refractivity contribution in [1.29, 1.82) is 0 Å². The molecule has 2 aromatic heterocycles. The van der Waals surface area contributed by atoms with Gasteiger partial charge in [-0.3, -0.25) is 19.4 Å². The van der Waals surface area contributed by atoms with Crippen molar-refractivity contribution >= 4 is 35.5 Å². The molecule has 2 aliphatic carbocycles. The molecule has 2 N–H and O–H groups in total. The van der Waals surface area contributed by atoms with E-state index >= 15 is 0 Å². The maximum atomic E-state index is 13.0. The number of rotatable bonds is 17. The van der Waals surface area contributed by atoms with Crippen molar-refractivity contribution in [3.63, 3.8) is 0 Å². The molecule has 4 rings (SSSR count). The van der Waals surface area contributed by atoms with Crippen molar-refractivity contribution < 1.29 is 19.1 Å². The lowest BCUT2D eigenvalue weighted by atomic mass is 10.00. The lowest BCUT2D eigenvalue weighted by Gasteiger charge is -2.31. The van der Waals surface area contributed by atoms with Gasteiger partial charge in [0, 0.05) is 56.9 Å². The molecule has 0 amide bonds. The van der Waals surface area contributed by atoms with Gasteiger partial charge >= 0.3 is 11.9 Å². The van der Waals surface area contributed by atoms with Crippen LogP contribution in [0.5, 0.6) is 0 Å². The molecule has 2 aliphatic rings. The van der Waals surface area contributed by atoms with Gasteiger partial charge in [0.1, 0.15) is 0 Å². The number of aryl methyl sites for hydroxylation is 2. The van der Waals surface area contributed by atoms with Crippen LogP contribution in [0.4, 0.5) is 0 Å². The zero-order valence-corrected chi connectivity index (χ0v) is 29.2. The predicted octanol–water partition coefficient (Wildman–Crippen LogP) is 7.38. The number of hydrogen-bond acceptors (Lipinski definition) is 8. The quantitative estimate of drug-likeness (QED) is 0.105. The number of nitrogens with zero attached hydrogens (tertiary/aromatic N) is 2. The molecule has 4 unspecified atom stereocenters. The highest BCUT2D eigenvalue weighted by molar-refractivity contribution is 8.00. The first kappa shape index (κ1) is 35.0. The summed E-state index contributed by atoms with van der Waals surface area (Å²) in [7, 11) is 7.83. The Labute approximate surface area is 273 Å². The zero-order chi connectivity index (χ0) is 31.6. The molecule has 44 heavy (non-hydrogen) atoms. The van der Waals surface area contributed by atoms with E-state index in [0.29, 0.717) is 22.3 Å². The van der Waals surface area contributed by atoms with E-state index in [9.17, 15) is 9.59 Å². The highest BCUT2D eigenvalue weighted by Crippen LogP contribution is 2.42. The second-order valence-corrected chi connectivity index (χ2v) is 15.7. The minimum Gasteiger partial charge on any atom is -0.446 e. The molecule has 2 fully saturated rings. The highest BCUT2D eigenvalue weighted by atomic mass is 32.2. The topological polar surface area (TPSA) is 90.7 Å². The summed E-state index contributed by atoms with van der Waals surface area (Å²) < 4.78 is 12.0. The molecule has 0 radical (unpaired) electrons. The minimum atomic E-state index is -0.350. The highest BCUT2D eigenvalue weighted by Gasteiger charge is 2.33. The van der Waals surface area contributed by atoms with E-state index in [1.165, 1.54) is 72.5 Å². The van der Waals surface area contributed by atoms with E-state index < -0.39 is 0 Å². The van der Waals surface area contributed by atoms with Crippen molar-refractivity contribution in [3.8, 4) is 0 Å². The molecular formula is C34H54N4O4S2.